The van der Waals surface area contributed by atoms with Crippen molar-refractivity contribution in [1.82, 2.24) is 19.4 Å². The number of likely N-dealkylation sites (N-methyl/N-ethyl adjacent to an activating group) is 2. The van der Waals surface area contributed by atoms with Crippen LogP contribution in [-0.4, -0.2) is 63.5 Å². The summed E-state index contributed by atoms with van der Waals surface area (Å²) in [6.07, 6.45) is 0.443. The average Bonchev–Trinajstić information content (AvgIpc) is 2.72. The van der Waals surface area contributed by atoms with E-state index >= 15 is 0 Å². The van der Waals surface area contributed by atoms with Crippen molar-refractivity contribution in [2.75, 3.05) is 33.2 Å². The van der Waals surface area contributed by atoms with E-state index in [2.05, 4.69) is 21.7 Å². The first-order valence-electron chi connectivity index (χ1n) is 9.82. The second-order valence-corrected chi connectivity index (χ2v) is 7.47. The lowest BCUT2D eigenvalue weighted by molar-refractivity contribution is 0.0905. The predicted octanol–water partition coefficient (Wildman–Crippen LogP) is 1.75. The second kappa shape index (κ2) is 8.84. The minimum atomic E-state index is -0.623. The maximum absolute atomic E-state index is 13.0. The van der Waals surface area contributed by atoms with Gasteiger partial charge < -0.3 is 10.0 Å². The summed E-state index contributed by atoms with van der Waals surface area (Å²) < 4.78 is 14.4. The Balaban J connectivity index is 1.87. The molecule has 8 heteroatoms. The van der Waals surface area contributed by atoms with Gasteiger partial charge in [-0.25, -0.2) is 9.37 Å². The van der Waals surface area contributed by atoms with E-state index in [0.717, 1.165) is 25.2 Å². The predicted molar refractivity (Wildman–Crippen MR) is 108 cm³/mol. The van der Waals surface area contributed by atoms with Crippen molar-refractivity contribution in [3.63, 3.8) is 0 Å². The molecule has 1 fully saturated rings. The van der Waals surface area contributed by atoms with Gasteiger partial charge in [0.1, 0.15) is 11.6 Å². The highest BCUT2D eigenvalue weighted by Crippen LogP contribution is 2.24. The molecule has 1 aromatic heterocycles. The molecule has 1 saturated heterocycles. The number of aromatic hydroxyl groups is 1. The highest BCUT2D eigenvalue weighted by molar-refractivity contribution is 5.96. The highest BCUT2D eigenvalue weighted by atomic mass is 19.1. The Morgan fingerprint density at radius 1 is 1.24 bits per heavy atom. The van der Waals surface area contributed by atoms with Gasteiger partial charge in [-0.15, -0.1) is 0 Å². The van der Waals surface area contributed by atoms with Gasteiger partial charge in [0.2, 0.25) is 5.75 Å². The third kappa shape index (κ3) is 4.54. The zero-order valence-electron chi connectivity index (χ0n) is 17.1. The number of Topliss-reactive ketones (excluding diaryl/α,β-unsaturated/α-hetero) is 1. The van der Waals surface area contributed by atoms with E-state index in [1.165, 1.54) is 16.7 Å². The number of aromatic nitrogens is 2. The number of nitrogens with zero attached hydrogens (tertiary/aromatic N) is 4. The first-order valence-corrected chi connectivity index (χ1v) is 9.82. The molecule has 1 N–H and O–H groups in total. The summed E-state index contributed by atoms with van der Waals surface area (Å²) in [4.78, 5) is 34.1. The second-order valence-electron chi connectivity index (χ2n) is 7.47. The fraction of sp³-hybridized carbons (Fsp3) is 0.476. The Hall–Kier alpha value is -2.58. The molecule has 7 nitrogen and oxygen atoms in total. The zero-order chi connectivity index (χ0) is 21.1. The van der Waals surface area contributed by atoms with Crippen molar-refractivity contribution in [2.45, 2.75) is 25.8 Å². The van der Waals surface area contributed by atoms with Crippen LogP contribution in [0.1, 0.15) is 41.3 Å². The molecule has 2 aromatic rings. The molecule has 1 aliphatic heterocycles. The maximum atomic E-state index is 13.0. The van der Waals surface area contributed by atoms with Gasteiger partial charge in [0.05, 0.1) is 6.04 Å². The smallest absolute Gasteiger partial charge is 0.296 e. The first-order chi connectivity index (χ1) is 13.8. The minimum absolute atomic E-state index is 0.0698. The topological polar surface area (TPSA) is 78.7 Å². The van der Waals surface area contributed by atoms with Crippen molar-refractivity contribution in [3.8, 4) is 5.75 Å². The molecule has 0 bridgehead atoms. The fourth-order valence-corrected chi connectivity index (χ4v) is 3.62. The van der Waals surface area contributed by atoms with Crippen LogP contribution in [-0.2, 0) is 13.5 Å². The molecule has 2 heterocycles. The van der Waals surface area contributed by atoms with Crippen molar-refractivity contribution in [1.29, 1.82) is 0 Å². The summed E-state index contributed by atoms with van der Waals surface area (Å²) in [7, 11) is 3.53. The molecule has 0 aliphatic carbocycles. The molecular weight excluding hydrogens is 375 g/mol. The van der Waals surface area contributed by atoms with E-state index in [4.69, 9.17) is 0 Å². The van der Waals surface area contributed by atoms with Gasteiger partial charge in [-0.2, -0.15) is 0 Å². The molecule has 1 aliphatic rings. The highest BCUT2D eigenvalue weighted by Gasteiger charge is 2.30. The van der Waals surface area contributed by atoms with Crippen molar-refractivity contribution in [2.24, 2.45) is 7.05 Å². The summed E-state index contributed by atoms with van der Waals surface area (Å²) in [5, 5.41) is 10.3. The van der Waals surface area contributed by atoms with Gasteiger partial charge in [0.15, 0.2) is 11.5 Å². The SMILES string of the molecule is CCN1CCN(C)C(c2nc(C(=O)CCc3ccc(F)cc3)c(O)c(=O)n2C)C1. The number of ketones is 1. The number of hydrogen-bond acceptors (Lipinski definition) is 6. The lowest BCUT2D eigenvalue weighted by atomic mass is 10.0. The largest absolute Gasteiger partial charge is 0.501 e. The monoisotopic (exact) mass is 402 g/mol. The third-order valence-corrected chi connectivity index (χ3v) is 5.60. The van der Waals surface area contributed by atoms with Gasteiger partial charge in [-0.1, -0.05) is 19.1 Å². The normalized spacial score (nSPS) is 18.1. The quantitative estimate of drug-likeness (QED) is 0.742. The molecule has 0 radical (unpaired) electrons. The number of rotatable bonds is 6. The summed E-state index contributed by atoms with van der Waals surface area (Å²) in [5.41, 5.74) is -0.0108. The Kier molecular flexibility index (Phi) is 6.44. The van der Waals surface area contributed by atoms with Crippen LogP contribution < -0.4 is 5.56 Å². The van der Waals surface area contributed by atoms with Crippen LogP contribution >= 0.6 is 0 Å². The molecule has 29 heavy (non-hydrogen) atoms. The molecule has 0 saturated carbocycles. The Labute approximate surface area is 169 Å². The van der Waals surface area contributed by atoms with Crippen LogP contribution in [0.5, 0.6) is 5.75 Å². The zero-order valence-corrected chi connectivity index (χ0v) is 17.1. The van der Waals surface area contributed by atoms with Crippen LogP contribution in [0.15, 0.2) is 29.1 Å². The molecule has 0 amide bonds. The summed E-state index contributed by atoms with van der Waals surface area (Å²) in [6.45, 7) is 5.42. The van der Waals surface area contributed by atoms with Crippen LogP contribution in [0, 0.1) is 5.82 Å². The van der Waals surface area contributed by atoms with Crippen molar-refractivity contribution < 1.29 is 14.3 Å². The molecule has 1 unspecified atom stereocenters. The van der Waals surface area contributed by atoms with Crippen LogP contribution in [0.3, 0.4) is 0 Å². The number of hydrogen-bond donors (Lipinski definition) is 1. The van der Waals surface area contributed by atoms with Gasteiger partial charge >= 0.3 is 0 Å². The van der Waals surface area contributed by atoms with Gasteiger partial charge in [-0.05, 0) is 37.7 Å². The molecule has 3 rings (SSSR count). The molecule has 1 aromatic carbocycles. The molecular formula is C21H27FN4O3. The van der Waals surface area contributed by atoms with Gasteiger partial charge in [0, 0.05) is 33.1 Å². The number of halogens is 1. The standard InChI is InChI=1S/C21H27FN4O3/c1-4-26-12-11-24(2)16(13-26)20-23-18(19(28)21(29)25(20)3)17(27)10-7-14-5-8-15(22)9-6-14/h5-6,8-9,16,28H,4,7,10-13H2,1-3H3. The first kappa shape index (κ1) is 21.1. The van der Waals surface area contributed by atoms with Gasteiger partial charge in [-0.3, -0.25) is 19.1 Å². The van der Waals surface area contributed by atoms with Crippen LogP contribution in [0.4, 0.5) is 4.39 Å². The number of carbonyl (C=O) groups excluding carboxylic acids is 1. The van der Waals surface area contributed by atoms with Crippen molar-refractivity contribution >= 4 is 5.78 Å². The Morgan fingerprint density at radius 3 is 2.59 bits per heavy atom. The summed E-state index contributed by atoms with van der Waals surface area (Å²) >= 11 is 0. The van der Waals surface area contributed by atoms with E-state index in [1.807, 2.05) is 7.05 Å². The Bertz CT molecular complexity index is 942. The number of benzene rings is 1. The maximum Gasteiger partial charge on any atom is 0.296 e. The van der Waals surface area contributed by atoms with Crippen molar-refractivity contribution in [3.05, 3.63) is 57.5 Å². The van der Waals surface area contributed by atoms with E-state index < -0.39 is 17.1 Å². The Morgan fingerprint density at radius 2 is 1.93 bits per heavy atom. The fourth-order valence-electron chi connectivity index (χ4n) is 3.62. The van der Waals surface area contributed by atoms with E-state index in [-0.39, 0.29) is 24.0 Å². The average molecular weight is 402 g/mol. The number of piperazine rings is 1. The number of aryl methyl sites for hydroxylation is 1. The third-order valence-electron chi connectivity index (χ3n) is 5.60. The van der Waals surface area contributed by atoms with E-state index in [1.54, 1.807) is 19.2 Å². The summed E-state index contributed by atoms with van der Waals surface area (Å²) in [5.74, 6) is -0.894. The van der Waals surface area contributed by atoms with E-state index in [9.17, 15) is 19.1 Å². The lowest BCUT2D eigenvalue weighted by Crippen LogP contribution is -2.48. The minimum Gasteiger partial charge on any atom is -0.501 e. The molecule has 0 spiro atoms. The molecule has 156 valence electrons. The lowest BCUT2D eigenvalue weighted by Gasteiger charge is -2.39. The van der Waals surface area contributed by atoms with Gasteiger partial charge in [0.25, 0.3) is 5.56 Å². The number of carbonyl (C=O) groups is 1. The summed E-state index contributed by atoms with van der Waals surface area (Å²) in [6, 6.07) is 5.75. The van der Waals surface area contributed by atoms with Crippen LogP contribution in [0.2, 0.25) is 0 Å². The van der Waals surface area contributed by atoms with Crippen LogP contribution in [0.25, 0.3) is 0 Å². The van der Waals surface area contributed by atoms with E-state index in [0.29, 0.717) is 18.8 Å². The molecule has 1 atom stereocenters.